The SMILES string of the molecule is CCOC(=O)c1cccc(-n2c(C)cc(/C=N\NCc3ccc(OC)c(OC)c3)c2C)c1. The van der Waals surface area contributed by atoms with Crippen molar-refractivity contribution in [1.29, 1.82) is 0 Å². The van der Waals surface area contributed by atoms with E-state index < -0.39 is 0 Å². The molecule has 0 aliphatic carbocycles. The Kier molecular flexibility index (Phi) is 7.54. The molecule has 0 unspecified atom stereocenters. The van der Waals surface area contributed by atoms with Crippen LogP contribution >= 0.6 is 0 Å². The molecule has 0 bridgehead atoms. The van der Waals surface area contributed by atoms with Gasteiger partial charge in [0, 0.05) is 22.6 Å². The number of aromatic nitrogens is 1. The van der Waals surface area contributed by atoms with Crippen molar-refractivity contribution < 1.29 is 19.0 Å². The van der Waals surface area contributed by atoms with Gasteiger partial charge < -0.3 is 24.2 Å². The van der Waals surface area contributed by atoms with Crippen LogP contribution in [0.15, 0.2) is 53.6 Å². The predicted octanol–water partition coefficient (Wildman–Crippen LogP) is 4.41. The number of carbonyl (C=O) groups excluding carboxylic acids is 1. The molecule has 0 aliphatic rings. The monoisotopic (exact) mass is 435 g/mol. The van der Waals surface area contributed by atoms with E-state index in [4.69, 9.17) is 14.2 Å². The van der Waals surface area contributed by atoms with E-state index in [0.717, 1.165) is 28.2 Å². The highest BCUT2D eigenvalue weighted by atomic mass is 16.5. The van der Waals surface area contributed by atoms with Gasteiger partial charge in [-0.3, -0.25) is 0 Å². The summed E-state index contributed by atoms with van der Waals surface area (Å²) in [6.07, 6.45) is 1.80. The summed E-state index contributed by atoms with van der Waals surface area (Å²) in [6.45, 7) is 6.75. The number of hydrogen-bond donors (Lipinski definition) is 1. The molecule has 0 atom stereocenters. The maximum Gasteiger partial charge on any atom is 0.338 e. The molecule has 32 heavy (non-hydrogen) atoms. The molecule has 1 aromatic heterocycles. The van der Waals surface area contributed by atoms with Gasteiger partial charge in [-0.05, 0) is 62.7 Å². The molecule has 0 saturated carbocycles. The van der Waals surface area contributed by atoms with Gasteiger partial charge in [0.2, 0.25) is 0 Å². The summed E-state index contributed by atoms with van der Waals surface area (Å²) in [5, 5.41) is 4.38. The fraction of sp³-hybridized carbons (Fsp3) is 0.280. The van der Waals surface area contributed by atoms with Crippen LogP contribution in [0.4, 0.5) is 0 Å². The van der Waals surface area contributed by atoms with Crippen molar-refractivity contribution in [3.8, 4) is 17.2 Å². The summed E-state index contributed by atoms with van der Waals surface area (Å²) >= 11 is 0. The molecular weight excluding hydrogens is 406 g/mol. The summed E-state index contributed by atoms with van der Waals surface area (Å²) in [4.78, 5) is 12.1. The van der Waals surface area contributed by atoms with Gasteiger partial charge in [0.05, 0.1) is 39.1 Å². The molecule has 1 N–H and O–H groups in total. The van der Waals surface area contributed by atoms with Crippen molar-refractivity contribution in [2.24, 2.45) is 5.10 Å². The zero-order chi connectivity index (χ0) is 23.1. The molecule has 0 aliphatic heterocycles. The van der Waals surface area contributed by atoms with E-state index in [-0.39, 0.29) is 5.97 Å². The van der Waals surface area contributed by atoms with E-state index in [1.807, 2.05) is 50.2 Å². The van der Waals surface area contributed by atoms with Gasteiger partial charge in [0.15, 0.2) is 11.5 Å². The number of carbonyl (C=O) groups is 1. The number of ether oxygens (including phenoxy) is 3. The van der Waals surface area contributed by atoms with Crippen molar-refractivity contribution in [3.05, 3.63) is 76.6 Å². The molecule has 2 aromatic carbocycles. The van der Waals surface area contributed by atoms with Crippen LogP contribution in [0.5, 0.6) is 11.5 Å². The van der Waals surface area contributed by atoms with Gasteiger partial charge in [-0.15, -0.1) is 0 Å². The van der Waals surface area contributed by atoms with Gasteiger partial charge in [0.25, 0.3) is 0 Å². The van der Waals surface area contributed by atoms with Gasteiger partial charge in [-0.2, -0.15) is 5.10 Å². The lowest BCUT2D eigenvalue weighted by Gasteiger charge is -2.11. The fourth-order valence-corrected chi connectivity index (χ4v) is 3.54. The first kappa shape index (κ1) is 22.9. The first-order chi connectivity index (χ1) is 15.5. The van der Waals surface area contributed by atoms with E-state index in [0.29, 0.717) is 30.2 Å². The lowest BCUT2D eigenvalue weighted by atomic mass is 10.2. The molecule has 0 amide bonds. The normalized spacial score (nSPS) is 10.9. The standard InChI is InChI=1S/C25H29N3O4/c1-6-32-25(29)20-8-7-9-22(14-20)28-17(2)12-21(18(28)3)16-27-26-15-19-10-11-23(30-4)24(13-19)31-5/h7-14,16,26H,6,15H2,1-5H3/b27-16-. The predicted molar refractivity (Wildman–Crippen MR) is 125 cm³/mol. The Bertz CT molecular complexity index is 1120. The average molecular weight is 436 g/mol. The maximum absolute atomic E-state index is 12.1. The van der Waals surface area contributed by atoms with Crippen molar-refractivity contribution in [3.63, 3.8) is 0 Å². The minimum absolute atomic E-state index is 0.321. The first-order valence-electron chi connectivity index (χ1n) is 10.4. The van der Waals surface area contributed by atoms with Gasteiger partial charge in [-0.25, -0.2) is 4.79 Å². The zero-order valence-electron chi connectivity index (χ0n) is 19.1. The molecule has 0 fully saturated rings. The Morgan fingerprint density at radius 1 is 1.06 bits per heavy atom. The number of aryl methyl sites for hydroxylation is 1. The Hall–Kier alpha value is -3.74. The minimum atomic E-state index is -0.321. The van der Waals surface area contributed by atoms with Crippen molar-refractivity contribution in [2.75, 3.05) is 20.8 Å². The van der Waals surface area contributed by atoms with Crippen LogP contribution in [0.25, 0.3) is 5.69 Å². The fourth-order valence-electron chi connectivity index (χ4n) is 3.54. The lowest BCUT2D eigenvalue weighted by molar-refractivity contribution is 0.0526. The molecular formula is C25H29N3O4. The number of benzene rings is 2. The third kappa shape index (κ3) is 5.11. The Morgan fingerprint density at radius 2 is 1.84 bits per heavy atom. The van der Waals surface area contributed by atoms with Gasteiger partial charge >= 0.3 is 5.97 Å². The van der Waals surface area contributed by atoms with Gasteiger partial charge in [-0.1, -0.05) is 12.1 Å². The average Bonchev–Trinajstić information content (AvgIpc) is 3.09. The summed E-state index contributed by atoms with van der Waals surface area (Å²) in [5.41, 5.74) is 8.61. The number of nitrogens with one attached hydrogen (secondary N) is 1. The number of hydrogen-bond acceptors (Lipinski definition) is 6. The van der Waals surface area contributed by atoms with E-state index >= 15 is 0 Å². The second-order valence-electron chi connectivity index (χ2n) is 7.22. The van der Waals surface area contributed by atoms with Crippen molar-refractivity contribution >= 4 is 12.2 Å². The van der Waals surface area contributed by atoms with Crippen LogP contribution in [0.1, 0.15) is 39.8 Å². The zero-order valence-corrected chi connectivity index (χ0v) is 19.1. The molecule has 0 spiro atoms. The summed E-state index contributed by atoms with van der Waals surface area (Å²) in [7, 11) is 3.23. The van der Waals surface area contributed by atoms with E-state index in [9.17, 15) is 4.79 Å². The third-order valence-corrected chi connectivity index (χ3v) is 5.11. The molecule has 7 heteroatoms. The highest BCUT2D eigenvalue weighted by Gasteiger charge is 2.12. The Labute approximate surface area is 188 Å². The maximum atomic E-state index is 12.1. The van der Waals surface area contributed by atoms with Crippen LogP contribution in [-0.2, 0) is 11.3 Å². The lowest BCUT2D eigenvalue weighted by Crippen LogP contribution is -2.07. The molecule has 1 heterocycles. The molecule has 168 valence electrons. The largest absolute Gasteiger partial charge is 0.493 e. The Balaban J connectivity index is 1.73. The first-order valence-corrected chi connectivity index (χ1v) is 10.4. The number of esters is 1. The smallest absolute Gasteiger partial charge is 0.338 e. The van der Waals surface area contributed by atoms with Crippen LogP contribution in [0.3, 0.4) is 0 Å². The van der Waals surface area contributed by atoms with Crippen LogP contribution < -0.4 is 14.9 Å². The van der Waals surface area contributed by atoms with E-state index in [1.54, 1.807) is 33.4 Å². The molecule has 0 radical (unpaired) electrons. The summed E-state index contributed by atoms with van der Waals surface area (Å²) < 4.78 is 17.8. The minimum Gasteiger partial charge on any atom is -0.493 e. The van der Waals surface area contributed by atoms with Crippen LogP contribution in [0, 0.1) is 13.8 Å². The second-order valence-corrected chi connectivity index (χ2v) is 7.22. The highest BCUT2D eigenvalue weighted by molar-refractivity contribution is 5.90. The molecule has 0 saturated heterocycles. The number of nitrogens with zero attached hydrogens (tertiary/aromatic N) is 2. The summed E-state index contributed by atoms with van der Waals surface area (Å²) in [5.74, 6) is 1.06. The number of rotatable bonds is 9. The third-order valence-electron chi connectivity index (χ3n) is 5.11. The summed E-state index contributed by atoms with van der Waals surface area (Å²) in [6, 6.07) is 15.3. The van der Waals surface area contributed by atoms with Crippen LogP contribution in [0.2, 0.25) is 0 Å². The number of hydrazone groups is 1. The second kappa shape index (κ2) is 10.5. The molecule has 3 aromatic rings. The topological polar surface area (TPSA) is 74.1 Å². The van der Waals surface area contributed by atoms with Gasteiger partial charge in [0.1, 0.15) is 0 Å². The van der Waals surface area contributed by atoms with Crippen molar-refractivity contribution in [2.45, 2.75) is 27.3 Å². The van der Waals surface area contributed by atoms with Crippen LogP contribution in [-0.4, -0.2) is 37.6 Å². The Morgan fingerprint density at radius 3 is 2.56 bits per heavy atom. The van der Waals surface area contributed by atoms with Crippen molar-refractivity contribution in [1.82, 2.24) is 9.99 Å². The van der Waals surface area contributed by atoms with E-state index in [1.165, 1.54) is 0 Å². The number of methoxy groups -OCH3 is 2. The molecule has 3 rings (SSSR count). The quantitative estimate of drug-likeness (QED) is 0.306. The van der Waals surface area contributed by atoms with E-state index in [2.05, 4.69) is 21.2 Å². The highest BCUT2D eigenvalue weighted by Crippen LogP contribution is 2.27. The molecule has 7 nitrogen and oxygen atoms in total.